The van der Waals surface area contributed by atoms with E-state index < -0.39 is 0 Å². The summed E-state index contributed by atoms with van der Waals surface area (Å²) in [7, 11) is 1.67. The summed E-state index contributed by atoms with van der Waals surface area (Å²) in [6.45, 7) is 4.89. The lowest BCUT2D eigenvalue weighted by molar-refractivity contribution is -0.0143. The van der Waals surface area contributed by atoms with Crippen molar-refractivity contribution in [1.29, 1.82) is 0 Å². The maximum atomic E-state index is 6.32. The van der Waals surface area contributed by atoms with Gasteiger partial charge in [0.25, 0.3) is 0 Å². The molecule has 5 rings (SSSR count). The number of hydrogen-bond donors (Lipinski definition) is 1. The Hall–Kier alpha value is -0.930. The van der Waals surface area contributed by atoms with Crippen molar-refractivity contribution < 1.29 is 9.47 Å². The van der Waals surface area contributed by atoms with Crippen molar-refractivity contribution in [3.63, 3.8) is 0 Å². The number of benzene rings is 1. The topological polar surface area (TPSA) is 30.5 Å². The average molecular weight is 364 g/mol. The number of ether oxygens (including phenoxy) is 2. The summed E-state index contributed by atoms with van der Waals surface area (Å²) in [5.41, 5.74) is 1.10. The van der Waals surface area contributed by atoms with Crippen molar-refractivity contribution in [1.82, 2.24) is 5.32 Å². The Bertz CT molecular complexity index is 603. The lowest BCUT2D eigenvalue weighted by Crippen LogP contribution is -2.54. The van der Waals surface area contributed by atoms with Crippen molar-refractivity contribution >= 4 is 11.6 Å². The van der Waals surface area contributed by atoms with E-state index in [4.69, 9.17) is 21.1 Å². The molecule has 1 N–H and O–H groups in total. The van der Waals surface area contributed by atoms with Crippen LogP contribution in [0.15, 0.2) is 12.1 Å². The Morgan fingerprint density at radius 2 is 1.72 bits per heavy atom. The minimum absolute atomic E-state index is 0.106. The van der Waals surface area contributed by atoms with Crippen molar-refractivity contribution in [2.45, 2.75) is 64.6 Å². The predicted molar refractivity (Wildman–Crippen MR) is 101 cm³/mol. The molecule has 4 fully saturated rings. The van der Waals surface area contributed by atoms with E-state index in [9.17, 15) is 0 Å². The third kappa shape index (κ3) is 3.50. The molecule has 1 aromatic carbocycles. The quantitative estimate of drug-likeness (QED) is 0.767. The molecule has 4 aliphatic carbocycles. The zero-order chi connectivity index (χ0) is 17.6. The van der Waals surface area contributed by atoms with Gasteiger partial charge in [0.1, 0.15) is 0 Å². The lowest BCUT2D eigenvalue weighted by atomic mass is 9.54. The lowest BCUT2D eigenvalue weighted by Gasteiger charge is -2.54. The highest BCUT2D eigenvalue weighted by molar-refractivity contribution is 6.30. The summed E-state index contributed by atoms with van der Waals surface area (Å²) >= 11 is 6.32. The van der Waals surface area contributed by atoms with Crippen LogP contribution in [0, 0.1) is 23.7 Å². The Kier molecular flexibility index (Phi) is 4.89. The Morgan fingerprint density at radius 1 is 1.08 bits per heavy atom. The molecule has 0 aliphatic heterocycles. The van der Waals surface area contributed by atoms with Crippen molar-refractivity contribution in [2.75, 3.05) is 7.11 Å². The molecule has 0 saturated heterocycles. The monoisotopic (exact) mass is 363 g/mol. The van der Waals surface area contributed by atoms with Crippen LogP contribution >= 0.6 is 11.6 Å². The fraction of sp³-hybridized carbons (Fsp3) is 0.714. The maximum Gasteiger partial charge on any atom is 0.166 e. The normalized spacial score (nSPS) is 33.1. The highest BCUT2D eigenvalue weighted by Crippen LogP contribution is 2.53. The Morgan fingerprint density at radius 3 is 2.28 bits per heavy atom. The molecule has 0 radical (unpaired) electrons. The maximum absolute atomic E-state index is 6.32. The van der Waals surface area contributed by atoms with Gasteiger partial charge in [0.2, 0.25) is 0 Å². The van der Waals surface area contributed by atoms with Crippen molar-refractivity contribution in [3.05, 3.63) is 22.7 Å². The highest BCUT2D eigenvalue weighted by atomic mass is 35.5. The summed E-state index contributed by atoms with van der Waals surface area (Å²) in [6, 6.07) is 4.51. The molecule has 0 atom stereocenters. The minimum atomic E-state index is 0.106. The van der Waals surface area contributed by atoms with Gasteiger partial charge in [0.05, 0.1) is 13.2 Å². The van der Waals surface area contributed by atoms with Crippen LogP contribution in [0.1, 0.15) is 51.5 Å². The molecule has 0 amide bonds. The Labute approximate surface area is 156 Å². The van der Waals surface area contributed by atoms with E-state index in [1.54, 1.807) is 7.11 Å². The van der Waals surface area contributed by atoms with Gasteiger partial charge in [-0.15, -0.1) is 0 Å². The first kappa shape index (κ1) is 17.5. The summed E-state index contributed by atoms with van der Waals surface area (Å²) < 4.78 is 11.6. The number of methoxy groups -OCH3 is 1. The van der Waals surface area contributed by atoms with Gasteiger partial charge in [-0.2, -0.15) is 0 Å². The molecular weight excluding hydrogens is 334 g/mol. The molecule has 4 heteroatoms. The number of rotatable bonds is 6. The van der Waals surface area contributed by atoms with Gasteiger partial charge in [-0.1, -0.05) is 11.6 Å². The largest absolute Gasteiger partial charge is 0.493 e. The standard InChI is InChI=1S/C21H30ClNO2/c1-12(2)25-21-17(9-18(22)10-19(21)24-3)11-23-20-15-5-13-4-14(7-15)8-16(20)6-13/h9-10,12-16,20,23H,4-8,11H2,1-3H3. The van der Waals surface area contributed by atoms with Crippen LogP contribution in [0.5, 0.6) is 11.5 Å². The van der Waals surface area contributed by atoms with Gasteiger partial charge in [-0.3, -0.25) is 0 Å². The first-order valence-corrected chi connectivity index (χ1v) is 10.2. The smallest absolute Gasteiger partial charge is 0.166 e. The number of hydrogen-bond acceptors (Lipinski definition) is 3. The molecule has 0 spiro atoms. The second kappa shape index (κ2) is 7.00. The second-order valence-electron chi connectivity index (χ2n) is 8.60. The van der Waals surface area contributed by atoms with E-state index in [1.807, 2.05) is 26.0 Å². The average Bonchev–Trinajstić information content (AvgIpc) is 2.55. The summed E-state index contributed by atoms with van der Waals surface area (Å²) in [5.74, 6) is 5.30. The van der Waals surface area contributed by atoms with Crippen LogP contribution < -0.4 is 14.8 Å². The van der Waals surface area contributed by atoms with E-state index in [0.717, 1.165) is 47.3 Å². The fourth-order valence-electron chi connectivity index (χ4n) is 5.76. The van der Waals surface area contributed by atoms with Crippen molar-refractivity contribution in [2.24, 2.45) is 23.7 Å². The van der Waals surface area contributed by atoms with Gasteiger partial charge in [0, 0.05) is 29.2 Å². The fourth-order valence-corrected chi connectivity index (χ4v) is 5.99. The van der Waals surface area contributed by atoms with Gasteiger partial charge in [-0.25, -0.2) is 0 Å². The van der Waals surface area contributed by atoms with E-state index in [0.29, 0.717) is 11.1 Å². The third-order valence-electron chi connectivity index (χ3n) is 6.42. The minimum Gasteiger partial charge on any atom is -0.493 e. The zero-order valence-electron chi connectivity index (χ0n) is 15.6. The van der Waals surface area contributed by atoms with Crippen LogP contribution in [0.2, 0.25) is 5.02 Å². The SMILES string of the molecule is COc1cc(Cl)cc(CNC2C3CC4CC(C3)CC2C4)c1OC(C)C. The molecule has 4 bridgehead atoms. The molecule has 0 unspecified atom stereocenters. The molecule has 4 saturated carbocycles. The van der Waals surface area contributed by atoms with Crippen LogP contribution in [0.3, 0.4) is 0 Å². The summed E-state index contributed by atoms with van der Waals surface area (Å²) in [5, 5.41) is 4.58. The molecule has 1 aromatic rings. The molecule has 138 valence electrons. The van der Waals surface area contributed by atoms with E-state index >= 15 is 0 Å². The second-order valence-corrected chi connectivity index (χ2v) is 9.04. The van der Waals surface area contributed by atoms with E-state index in [2.05, 4.69) is 5.32 Å². The molecule has 4 aliphatic rings. The van der Waals surface area contributed by atoms with Gasteiger partial charge in [0.15, 0.2) is 11.5 Å². The van der Waals surface area contributed by atoms with Crippen LogP contribution in [0.4, 0.5) is 0 Å². The highest BCUT2D eigenvalue weighted by Gasteiger charge is 2.47. The number of halogens is 1. The summed E-state index contributed by atoms with van der Waals surface area (Å²) in [4.78, 5) is 0. The van der Waals surface area contributed by atoms with Crippen molar-refractivity contribution in [3.8, 4) is 11.5 Å². The first-order valence-electron chi connectivity index (χ1n) is 9.80. The predicted octanol–water partition coefficient (Wildman–Crippen LogP) is 5.05. The number of nitrogens with one attached hydrogen (secondary N) is 1. The first-order chi connectivity index (χ1) is 12.0. The molecule has 3 nitrogen and oxygen atoms in total. The summed E-state index contributed by atoms with van der Waals surface area (Å²) in [6.07, 6.45) is 7.32. The van der Waals surface area contributed by atoms with Gasteiger partial charge < -0.3 is 14.8 Å². The molecule has 0 aromatic heterocycles. The Balaban J connectivity index is 1.51. The van der Waals surface area contributed by atoms with E-state index in [-0.39, 0.29) is 6.10 Å². The van der Waals surface area contributed by atoms with E-state index in [1.165, 1.54) is 32.1 Å². The van der Waals surface area contributed by atoms with Gasteiger partial charge in [-0.05, 0) is 75.7 Å². The van der Waals surface area contributed by atoms with Crippen LogP contribution in [-0.2, 0) is 6.54 Å². The zero-order valence-corrected chi connectivity index (χ0v) is 16.3. The van der Waals surface area contributed by atoms with Crippen LogP contribution in [-0.4, -0.2) is 19.3 Å². The van der Waals surface area contributed by atoms with Gasteiger partial charge >= 0.3 is 0 Å². The third-order valence-corrected chi connectivity index (χ3v) is 6.64. The molecule has 0 heterocycles. The molecular formula is C21H30ClNO2. The van der Waals surface area contributed by atoms with Crippen LogP contribution in [0.25, 0.3) is 0 Å². The molecule has 25 heavy (non-hydrogen) atoms.